The highest BCUT2D eigenvalue weighted by Gasteiger charge is 2.20. The maximum Gasteiger partial charge on any atom is 0.230 e. The Morgan fingerprint density at radius 1 is 1.19 bits per heavy atom. The fourth-order valence-electron chi connectivity index (χ4n) is 3.69. The van der Waals surface area contributed by atoms with Gasteiger partial charge in [-0.15, -0.1) is 11.3 Å². The molecule has 0 fully saturated rings. The standard InChI is InChI=1S/C25H26N4OS2/c1-5-20-8-6-7-9-23(20)29(19(4)30)25-27-21(16-32-25)15-31-24-26-12-13-28(24)22-11-10-17(2)14-18(22)3/h6-14,16H,5,15H2,1-4H3. The second-order valence-electron chi connectivity index (χ2n) is 7.62. The molecule has 2 aromatic carbocycles. The Morgan fingerprint density at radius 3 is 2.75 bits per heavy atom. The number of carbonyl (C=O) groups is 1. The molecule has 4 aromatic rings. The molecule has 32 heavy (non-hydrogen) atoms. The first-order valence-electron chi connectivity index (χ1n) is 10.5. The largest absolute Gasteiger partial charge is 0.295 e. The normalized spacial score (nSPS) is 11.0. The van der Waals surface area contributed by atoms with Crippen molar-refractivity contribution in [2.75, 3.05) is 4.90 Å². The summed E-state index contributed by atoms with van der Waals surface area (Å²) in [6, 6.07) is 14.4. The number of rotatable bonds is 7. The fourth-order valence-corrected chi connectivity index (χ4v) is 5.54. The van der Waals surface area contributed by atoms with Crippen molar-refractivity contribution in [1.82, 2.24) is 14.5 Å². The number of anilines is 2. The summed E-state index contributed by atoms with van der Waals surface area (Å²) >= 11 is 3.14. The zero-order chi connectivity index (χ0) is 22.7. The van der Waals surface area contributed by atoms with Crippen molar-refractivity contribution in [3.8, 4) is 5.69 Å². The van der Waals surface area contributed by atoms with Crippen molar-refractivity contribution in [3.63, 3.8) is 0 Å². The number of hydrogen-bond acceptors (Lipinski definition) is 5. The highest BCUT2D eigenvalue weighted by molar-refractivity contribution is 7.98. The molecule has 2 aromatic heterocycles. The van der Waals surface area contributed by atoms with Crippen LogP contribution in [0.5, 0.6) is 0 Å². The number of imidazole rings is 1. The lowest BCUT2D eigenvalue weighted by molar-refractivity contribution is -0.115. The van der Waals surface area contributed by atoms with Crippen LogP contribution in [0.15, 0.2) is 65.4 Å². The Kier molecular flexibility index (Phi) is 6.77. The number of thiazole rings is 1. The van der Waals surface area contributed by atoms with Gasteiger partial charge in [-0.1, -0.05) is 54.6 Å². The van der Waals surface area contributed by atoms with Crippen LogP contribution in [0.1, 0.15) is 36.2 Å². The Bertz CT molecular complexity index is 1240. The van der Waals surface area contributed by atoms with Crippen LogP contribution in [0.2, 0.25) is 0 Å². The predicted molar refractivity (Wildman–Crippen MR) is 133 cm³/mol. The van der Waals surface area contributed by atoms with Gasteiger partial charge >= 0.3 is 0 Å². The third-order valence-corrected chi connectivity index (χ3v) is 7.10. The van der Waals surface area contributed by atoms with Crippen LogP contribution >= 0.6 is 23.1 Å². The van der Waals surface area contributed by atoms with E-state index >= 15 is 0 Å². The van der Waals surface area contributed by atoms with Crippen LogP contribution in [0.25, 0.3) is 5.69 Å². The number of para-hydroxylation sites is 1. The van der Waals surface area contributed by atoms with Crippen LogP contribution in [-0.2, 0) is 17.0 Å². The number of aromatic nitrogens is 3. The summed E-state index contributed by atoms with van der Waals surface area (Å²) in [5.74, 6) is 0.643. The maximum absolute atomic E-state index is 12.5. The highest BCUT2D eigenvalue weighted by Crippen LogP contribution is 2.33. The van der Waals surface area contributed by atoms with Gasteiger partial charge in [0.2, 0.25) is 5.91 Å². The van der Waals surface area contributed by atoms with Gasteiger partial charge < -0.3 is 0 Å². The first kappa shape index (κ1) is 22.3. The van der Waals surface area contributed by atoms with Gasteiger partial charge in [-0.25, -0.2) is 9.97 Å². The molecule has 0 bridgehead atoms. The summed E-state index contributed by atoms with van der Waals surface area (Å²) in [6.45, 7) is 7.90. The number of amides is 1. The number of nitrogens with zero attached hydrogens (tertiary/aromatic N) is 4. The number of carbonyl (C=O) groups excluding carboxylic acids is 1. The van der Waals surface area contributed by atoms with E-state index in [1.165, 1.54) is 22.5 Å². The van der Waals surface area contributed by atoms with Crippen molar-refractivity contribution < 1.29 is 4.79 Å². The predicted octanol–water partition coefficient (Wildman–Crippen LogP) is 6.48. The average Bonchev–Trinajstić information content (AvgIpc) is 3.42. The third-order valence-electron chi connectivity index (χ3n) is 5.23. The molecule has 2 heterocycles. The topological polar surface area (TPSA) is 51.0 Å². The molecule has 4 rings (SSSR count). The maximum atomic E-state index is 12.5. The number of aryl methyl sites for hydroxylation is 3. The lowest BCUT2D eigenvalue weighted by Crippen LogP contribution is -2.23. The van der Waals surface area contributed by atoms with Gasteiger partial charge in [0.25, 0.3) is 0 Å². The Hall–Kier alpha value is -2.90. The molecule has 0 spiro atoms. The minimum absolute atomic E-state index is 0.0372. The van der Waals surface area contributed by atoms with Crippen molar-refractivity contribution in [1.29, 1.82) is 0 Å². The number of benzene rings is 2. The Morgan fingerprint density at radius 2 is 2.00 bits per heavy atom. The monoisotopic (exact) mass is 462 g/mol. The molecule has 0 aliphatic rings. The van der Waals surface area contributed by atoms with E-state index in [0.717, 1.165) is 34.2 Å². The summed E-state index contributed by atoms with van der Waals surface area (Å²) in [5, 5.41) is 3.65. The third kappa shape index (κ3) is 4.64. The van der Waals surface area contributed by atoms with Crippen molar-refractivity contribution in [2.45, 2.75) is 45.0 Å². The van der Waals surface area contributed by atoms with Gasteiger partial charge in [-0.3, -0.25) is 14.3 Å². The first-order valence-corrected chi connectivity index (χ1v) is 12.4. The lowest BCUT2D eigenvalue weighted by atomic mass is 10.1. The molecule has 0 atom stereocenters. The van der Waals surface area contributed by atoms with E-state index < -0.39 is 0 Å². The van der Waals surface area contributed by atoms with Crippen LogP contribution in [-0.4, -0.2) is 20.4 Å². The van der Waals surface area contributed by atoms with Gasteiger partial charge in [-0.2, -0.15) is 0 Å². The van der Waals surface area contributed by atoms with Gasteiger partial charge in [0.05, 0.1) is 17.1 Å². The molecular weight excluding hydrogens is 436 g/mol. The lowest BCUT2D eigenvalue weighted by Gasteiger charge is -2.20. The molecule has 5 nitrogen and oxygen atoms in total. The minimum Gasteiger partial charge on any atom is -0.295 e. The molecule has 7 heteroatoms. The molecule has 0 radical (unpaired) electrons. The fraction of sp³-hybridized carbons (Fsp3) is 0.240. The van der Waals surface area contributed by atoms with Crippen LogP contribution in [0, 0.1) is 13.8 Å². The van der Waals surface area contributed by atoms with E-state index in [-0.39, 0.29) is 5.91 Å². The van der Waals surface area contributed by atoms with Gasteiger partial charge in [0.15, 0.2) is 10.3 Å². The van der Waals surface area contributed by atoms with Crippen molar-refractivity contribution >= 4 is 39.8 Å². The molecule has 0 aliphatic heterocycles. The van der Waals surface area contributed by atoms with Gasteiger partial charge in [-0.05, 0) is 43.5 Å². The van der Waals surface area contributed by atoms with E-state index in [4.69, 9.17) is 4.98 Å². The summed E-state index contributed by atoms with van der Waals surface area (Å²) in [5.41, 5.74) is 6.56. The molecule has 0 saturated carbocycles. The Balaban J connectivity index is 1.54. The summed E-state index contributed by atoms with van der Waals surface area (Å²) in [4.78, 5) is 23.5. The number of hydrogen-bond donors (Lipinski definition) is 0. The molecular formula is C25H26N4OS2. The first-order chi connectivity index (χ1) is 15.5. The second-order valence-corrected chi connectivity index (χ2v) is 9.40. The minimum atomic E-state index is -0.0372. The Labute approximate surface area is 197 Å². The second kappa shape index (κ2) is 9.71. The van der Waals surface area contributed by atoms with Crippen LogP contribution in [0.3, 0.4) is 0 Å². The molecule has 1 amide bonds. The molecule has 0 N–H and O–H groups in total. The zero-order valence-corrected chi connectivity index (χ0v) is 20.3. The quantitative estimate of drug-likeness (QED) is 0.295. The zero-order valence-electron chi connectivity index (χ0n) is 18.7. The summed E-state index contributed by atoms with van der Waals surface area (Å²) in [6.07, 6.45) is 4.67. The van der Waals surface area contributed by atoms with Crippen molar-refractivity contribution in [3.05, 3.63) is 82.6 Å². The smallest absolute Gasteiger partial charge is 0.230 e. The molecule has 164 valence electrons. The van der Waals surface area contributed by atoms with Crippen molar-refractivity contribution in [2.24, 2.45) is 0 Å². The van der Waals surface area contributed by atoms with Crippen LogP contribution in [0.4, 0.5) is 10.8 Å². The molecule has 0 saturated heterocycles. The average molecular weight is 463 g/mol. The molecule has 0 aliphatic carbocycles. The van der Waals surface area contributed by atoms with E-state index in [1.54, 1.807) is 23.6 Å². The van der Waals surface area contributed by atoms with Gasteiger partial charge in [0, 0.05) is 30.5 Å². The number of thioether (sulfide) groups is 1. The van der Waals surface area contributed by atoms with E-state index in [1.807, 2.05) is 36.0 Å². The van der Waals surface area contributed by atoms with Crippen LogP contribution < -0.4 is 4.90 Å². The summed E-state index contributed by atoms with van der Waals surface area (Å²) < 4.78 is 2.12. The van der Waals surface area contributed by atoms with E-state index in [2.05, 4.69) is 54.6 Å². The SMILES string of the molecule is CCc1ccccc1N(C(C)=O)c1nc(CSc2nccn2-c2ccc(C)cc2C)cs1. The molecule has 0 unspecified atom stereocenters. The summed E-state index contributed by atoms with van der Waals surface area (Å²) in [7, 11) is 0. The van der Waals surface area contributed by atoms with Gasteiger partial charge in [0.1, 0.15) is 0 Å². The van der Waals surface area contributed by atoms with E-state index in [9.17, 15) is 4.79 Å². The highest BCUT2D eigenvalue weighted by atomic mass is 32.2. The van der Waals surface area contributed by atoms with E-state index in [0.29, 0.717) is 10.9 Å².